The Hall–Kier alpha value is -2.17. The van der Waals surface area contributed by atoms with Crippen molar-refractivity contribution in [3.05, 3.63) is 35.7 Å². The lowest BCUT2D eigenvalue weighted by Crippen LogP contribution is -2.30. The second-order valence-electron chi connectivity index (χ2n) is 5.58. The number of pyridine rings is 1. The Kier molecular flexibility index (Phi) is 4.73. The molecule has 1 aromatic rings. The second kappa shape index (κ2) is 6.52. The summed E-state index contributed by atoms with van der Waals surface area (Å²) in [7, 11) is 0. The number of carboxylic acid groups (broad SMARTS) is 1. The molecule has 1 aromatic heterocycles. The highest BCUT2D eigenvalue weighted by atomic mass is 16.4. The number of nitrogens with zero attached hydrogens (tertiary/aromatic N) is 1. The summed E-state index contributed by atoms with van der Waals surface area (Å²) in [6, 6.07) is 3.29. The molecule has 5 nitrogen and oxygen atoms in total. The van der Waals surface area contributed by atoms with Crippen molar-refractivity contribution in [2.45, 2.75) is 32.6 Å². The van der Waals surface area contributed by atoms with Gasteiger partial charge in [-0.15, -0.1) is 0 Å². The highest BCUT2D eigenvalue weighted by Crippen LogP contribution is 2.48. The van der Waals surface area contributed by atoms with E-state index in [-0.39, 0.29) is 5.91 Å². The van der Waals surface area contributed by atoms with Crippen molar-refractivity contribution in [2.24, 2.45) is 5.41 Å². The van der Waals surface area contributed by atoms with E-state index >= 15 is 0 Å². The standard InChI is InChI=1S/C16H20N2O3/c1-2-7-16(8-9-16)11-18-15(21)13-5-3-12(10-17-13)4-6-14(19)20/h3-6,10H,2,7-9,11H2,1H3,(H,18,21)(H,19,20)/b6-4+. The highest BCUT2D eigenvalue weighted by Gasteiger charge is 2.41. The van der Waals surface area contributed by atoms with Crippen LogP contribution >= 0.6 is 0 Å². The molecule has 1 amide bonds. The lowest BCUT2D eigenvalue weighted by Gasteiger charge is -2.14. The summed E-state index contributed by atoms with van der Waals surface area (Å²) < 4.78 is 0. The van der Waals surface area contributed by atoms with Crippen molar-refractivity contribution in [1.29, 1.82) is 0 Å². The van der Waals surface area contributed by atoms with Gasteiger partial charge in [0.2, 0.25) is 0 Å². The van der Waals surface area contributed by atoms with E-state index in [9.17, 15) is 9.59 Å². The van der Waals surface area contributed by atoms with Gasteiger partial charge in [0.05, 0.1) is 0 Å². The van der Waals surface area contributed by atoms with Gasteiger partial charge in [-0.3, -0.25) is 9.78 Å². The van der Waals surface area contributed by atoms with Gasteiger partial charge >= 0.3 is 5.97 Å². The molecule has 1 heterocycles. The van der Waals surface area contributed by atoms with Crippen molar-refractivity contribution in [3.8, 4) is 0 Å². The van der Waals surface area contributed by atoms with Gasteiger partial charge in [0.1, 0.15) is 5.69 Å². The van der Waals surface area contributed by atoms with Gasteiger partial charge in [-0.2, -0.15) is 0 Å². The van der Waals surface area contributed by atoms with Crippen LogP contribution in [0, 0.1) is 5.41 Å². The molecular formula is C16H20N2O3. The third-order valence-electron chi connectivity index (χ3n) is 3.80. The lowest BCUT2D eigenvalue weighted by atomic mass is 10.0. The molecule has 1 saturated carbocycles. The third kappa shape index (κ3) is 4.41. The SMILES string of the molecule is CCCC1(CNC(=O)c2ccc(/C=C/C(=O)O)cn2)CC1. The average Bonchev–Trinajstić information content (AvgIpc) is 3.24. The monoisotopic (exact) mass is 288 g/mol. The Morgan fingerprint density at radius 3 is 2.71 bits per heavy atom. The molecule has 1 aliphatic rings. The number of carboxylic acids is 1. The first-order valence-corrected chi connectivity index (χ1v) is 7.20. The quantitative estimate of drug-likeness (QED) is 0.755. The Morgan fingerprint density at radius 1 is 1.43 bits per heavy atom. The smallest absolute Gasteiger partial charge is 0.328 e. The first-order chi connectivity index (χ1) is 10.0. The number of nitrogens with one attached hydrogen (secondary N) is 1. The number of hydrogen-bond acceptors (Lipinski definition) is 3. The molecule has 0 spiro atoms. The first-order valence-electron chi connectivity index (χ1n) is 7.20. The van der Waals surface area contributed by atoms with Gasteiger partial charge in [0.15, 0.2) is 0 Å². The summed E-state index contributed by atoms with van der Waals surface area (Å²) in [6.07, 6.45) is 8.64. The molecule has 0 saturated heterocycles. The molecule has 2 N–H and O–H groups in total. The van der Waals surface area contributed by atoms with Crippen LogP contribution in [0.2, 0.25) is 0 Å². The maximum Gasteiger partial charge on any atom is 0.328 e. The van der Waals surface area contributed by atoms with Crippen molar-refractivity contribution in [1.82, 2.24) is 10.3 Å². The molecule has 1 fully saturated rings. The van der Waals surface area contributed by atoms with E-state index in [1.54, 1.807) is 12.1 Å². The number of carbonyl (C=O) groups is 2. The molecule has 0 radical (unpaired) electrons. The van der Waals surface area contributed by atoms with Crippen LogP contribution in [0.25, 0.3) is 6.08 Å². The van der Waals surface area contributed by atoms with E-state index in [1.807, 2.05) is 0 Å². The molecule has 0 unspecified atom stereocenters. The van der Waals surface area contributed by atoms with Crippen LogP contribution < -0.4 is 5.32 Å². The Morgan fingerprint density at radius 2 is 2.19 bits per heavy atom. The van der Waals surface area contributed by atoms with Crippen molar-refractivity contribution >= 4 is 18.0 Å². The predicted molar refractivity (Wildman–Crippen MR) is 79.8 cm³/mol. The Balaban J connectivity index is 1.89. The summed E-state index contributed by atoms with van der Waals surface area (Å²) >= 11 is 0. The van der Waals surface area contributed by atoms with Crippen LogP contribution in [0.3, 0.4) is 0 Å². The van der Waals surface area contributed by atoms with Crippen LogP contribution in [-0.4, -0.2) is 28.5 Å². The maximum atomic E-state index is 12.0. The fourth-order valence-corrected chi connectivity index (χ4v) is 2.39. The van der Waals surface area contributed by atoms with Gasteiger partial charge in [-0.1, -0.05) is 19.4 Å². The normalized spacial score (nSPS) is 15.9. The minimum atomic E-state index is -1.01. The zero-order valence-corrected chi connectivity index (χ0v) is 12.1. The van der Waals surface area contributed by atoms with E-state index in [0.29, 0.717) is 23.2 Å². The molecule has 5 heteroatoms. The molecule has 21 heavy (non-hydrogen) atoms. The number of carbonyl (C=O) groups excluding carboxylic acids is 1. The van der Waals surface area contributed by atoms with Crippen LogP contribution in [0.5, 0.6) is 0 Å². The van der Waals surface area contributed by atoms with E-state index in [1.165, 1.54) is 25.1 Å². The van der Waals surface area contributed by atoms with Gasteiger partial charge in [0, 0.05) is 18.8 Å². The fourth-order valence-electron chi connectivity index (χ4n) is 2.39. The van der Waals surface area contributed by atoms with Crippen LogP contribution in [0.4, 0.5) is 0 Å². The number of aromatic nitrogens is 1. The second-order valence-corrected chi connectivity index (χ2v) is 5.58. The van der Waals surface area contributed by atoms with Gasteiger partial charge in [-0.05, 0) is 42.4 Å². The summed E-state index contributed by atoms with van der Waals surface area (Å²) in [5, 5.41) is 11.5. The number of amides is 1. The van der Waals surface area contributed by atoms with E-state index < -0.39 is 5.97 Å². The highest BCUT2D eigenvalue weighted by molar-refractivity contribution is 5.92. The summed E-state index contributed by atoms with van der Waals surface area (Å²) in [5.74, 6) is -1.19. The van der Waals surface area contributed by atoms with Crippen molar-refractivity contribution in [3.63, 3.8) is 0 Å². The number of rotatable bonds is 7. The molecule has 112 valence electrons. The minimum Gasteiger partial charge on any atom is -0.478 e. The van der Waals surface area contributed by atoms with Crippen molar-refractivity contribution in [2.75, 3.05) is 6.54 Å². The molecular weight excluding hydrogens is 268 g/mol. The lowest BCUT2D eigenvalue weighted by molar-refractivity contribution is -0.131. The van der Waals surface area contributed by atoms with Gasteiger partial charge < -0.3 is 10.4 Å². The third-order valence-corrected chi connectivity index (χ3v) is 3.80. The molecule has 0 aliphatic heterocycles. The van der Waals surface area contributed by atoms with Crippen LogP contribution in [0.1, 0.15) is 48.7 Å². The first kappa shape index (κ1) is 15.2. The van der Waals surface area contributed by atoms with Crippen LogP contribution in [0.15, 0.2) is 24.4 Å². The minimum absolute atomic E-state index is 0.175. The van der Waals surface area contributed by atoms with Crippen LogP contribution in [-0.2, 0) is 4.79 Å². The zero-order valence-electron chi connectivity index (χ0n) is 12.1. The zero-order chi connectivity index (χ0) is 15.3. The number of aliphatic carboxylic acids is 1. The summed E-state index contributed by atoms with van der Waals surface area (Å²) in [6.45, 7) is 2.87. The van der Waals surface area contributed by atoms with Gasteiger partial charge in [0.25, 0.3) is 5.91 Å². The van der Waals surface area contributed by atoms with E-state index in [4.69, 9.17) is 5.11 Å². The summed E-state index contributed by atoms with van der Waals surface area (Å²) in [5.41, 5.74) is 1.32. The fraction of sp³-hybridized carbons (Fsp3) is 0.438. The topological polar surface area (TPSA) is 79.3 Å². The Bertz CT molecular complexity index is 545. The Labute approximate surface area is 124 Å². The van der Waals surface area contributed by atoms with Gasteiger partial charge in [-0.25, -0.2) is 4.79 Å². The maximum absolute atomic E-state index is 12.0. The average molecular weight is 288 g/mol. The molecule has 0 bridgehead atoms. The molecule has 2 rings (SSSR count). The van der Waals surface area contributed by atoms with Crippen molar-refractivity contribution < 1.29 is 14.7 Å². The number of hydrogen-bond donors (Lipinski definition) is 2. The largest absolute Gasteiger partial charge is 0.478 e. The molecule has 0 atom stereocenters. The van der Waals surface area contributed by atoms with E-state index in [0.717, 1.165) is 18.9 Å². The molecule has 1 aliphatic carbocycles. The molecule has 0 aromatic carbocycles. The van der Waals surface area contributed by atoms with E-state index in [2.05, 4.69) is 17.2 Å². The predicted octanol–water partition coefficient (Wildman–Crippen LogP) is 2.49. The summed E-state index contributed by atoms with van der Waals surface area (Å²) in [4.78, 5) is 26.5.